The Hall–Kier alpha value is -2.63. The monoisotopic (exact) mass is 490 g/mol. The van der Waals surface area contributed by atoms with Crippen LogP contribution in [0.25, 0.3) is 10.2 Å². The van der Waals surface area contributed by atoms with E-state index in [1.165, 1.54) is 38.3 Å². The summed E-state index contributed by atoms with van der Waals surface area (Å²) < 4.78 is 41.6. The molecule has 1 fully saturated rings. The molecular weight excluding hydrogens is 467 g/mol. The lowest BCUT2D eigenvalue weighted by molar-refractivity contribution is -0.133. The summed E-state index contributed by atoms with van der Waals surface area (Å²) >= 11 is 1.57. The molecule has 2 aliphatic rings. The van der Waals surface area contributed by atoms with Crippen LogP contribution < -0.4 is 5.56 Å². The molecule has 8 nitrogen and oxygen atoms in total. The summed E-state index contributed by atoms with van der Waals surface area (Å²) in [6, 6.07) is 4.89. The first kappa shape index (κ1) is 22.2. The predicted molar refractivity (Wildman–Crippen MR) is 122 cm³/mol. The van der Waals surface area contributed by atoms with Gasteiger partial charge in [0.15, 0.2) is 0 Å². The van der Waals surface area contributed by atoms with Gasteiger partial charge in [0.1, 0.15) is 17.2 Å². The van der Waals surface area contributed by atoms with E-state index < -0.39 is 15.8 Å². The number of piperazine rings is 1. The van der Waals surface area contributed by atoms with Crippen LogP contribution in [0.5, 0.6) is 0 Å². The molecule has 11 heteroatoms. The molecule has 1 aliphatic carbocycles. The van der Waals surface area contributed by atoms with Crippen LogP contribution in [0, 0.1) is 5.82 Å². The number of thiophene rings is 1. The second-order valence-corrected chi connectivity index (χ2v) is 11.3. The van der Waals surface area contributed by atoms with Crippen molar-refractivity contribution < 1.29 is 17.6 Å². The Labute approximate surface area is 194 Å². The van der Waals surface area contributed by atoms with Crippen molar-refractivity contribution in [3.63, 3.8) is 0 Å². The smallest absolute Gasteiger partial charge is 0.262 e. The molecule has 5 rings (SSSR count). The van der Waals surface area contributed by atoms with Crippen LogP contribution >= 0.6 is 11.3 Å². The number of carbonyl (C=O) groups is 1. The topological polar surface area (TPSA) is 92.6 Å². The third-order valence-electron chi connectivity index (χ3n) is 6.27. The number of benzene rings is 1. The van der Waals surface area contributed by atoms with Crippen molar-refractivity contribution in [2.75, 3.05) is 26.2 Å². The minimum Gasteiger partial charge on any atom is -0.338 e. The predicted octanol–water partition coefficient (Wildman–Crippen LogP) is 2.01. The van der Waals surface area contributed by atoms with Crippen LogP contribution in [0.4, 0.5) is 4.39 Å². The molecule has 0 unspecified atom stereocenters. The summed E-state index contributed by atoms with van der Waals surface area (Å²) in [6.07, 6.45) is 5.43. The number of hydrogen-bond acceptors (Lipinski definition) is 6. The first-order valence-corrected chi connectivity index (χ1v) is 13.1. The van der Waals surface area contributed by atoms with E-state index in [1.54, 1.807) is 16.2 Å². The lowest BCUT2D eigenvalue weighted by Crippen LogP contribution is -2.51. The first-order chi connectivity index (χ1) is 15.8. The van der Waals surface area contributed by atoms with E-state index in [2.05, 4.69) is 4.98 Å². The number of fused-ring (bicyclic) bond motifs is 3. The molecule has 1 saturated heterocycles. The third kappa shape index (κ3) is 4.09. The van der Waals surface area contributed by atoms with Gasteiger partial charge < -0.3 is 4.90 Å². The van der Waals surface area contributed by atoms with Gasteiger partial charge >= 0.3 is 0 Å². The normalized spacial score (nSPS) is 17.3. The lowest BCUT2D eigenvalue weighted by atomic mass is 9.97. The highest BCUT2D eigenvalue weighted by Gasteiger charge is 2.30. The number of sulfonamides is 1. The summed E-state index contributed by atoms with van der Waals surface area (Å²) in [7, 11) is -3.83. The van der Waals surface area contributed by atoms with Crippen molar-refractivity contribution in [1.82, 2.24) is 18.8 Å². The number of halogens is 1. The van der Waals surface area contributed by atoms with E-state index >= 15 is 0 Å². The number of aromatic nitrogens is 2. The summed E-state index contributed by atoms with van der Waals surface area (Å²) in [4.78, 5) is 33.8. The Bertz CT molecular complexity index is 1390. The van der Waals surface area contributed by atoms with Crippen molar-refractivity contribution in [1.29, 1.82) is 0 Å². The molecular formula is C22H23FN4O4S2. The molecule has 1 aliphatic heterocycles. The Morgan fingerprint density at radius 3 is 2.64 bits per heavy atom. The number of amides is 1. The fourth-order valence-electron chi connectivity index (χ4n) is 4.49. The molecule has 1 aromatic carbocycles. The van der Waals surface area contributed by atoms with Gasteiger partial charge in [-0.3, -0.25) is 14.2 Å². The fourth-order valence-corrected chi connectivity index (χ4v) is 7.17. The van der Waals surface area contributed by atoms with Crippen molar-refractivity contribution in [2.24, 2.45) is 0 Å². The second-order valence-electron chi connectivity index (χ2n) is 8.31. The first-order valence-electron chi connectivity index (χ1n) is 10.9. The fraction of sp³-hybridized carbons (Fsp3) is 0.409. The highest BCUT2D eigenvalue weighted by atomic mass is 32.2. The number of rotatable bonds is 4. The molecule has 0 saturated carbocycles. The van der Waals surface area contributed by atoms with Gasteiger partial charge in [0.25, 0.3) is 5.56 Å². The van der Waals surface area contributed by atoms with Gasteiger partial charge in [-0.1, -0.05) is 6.07 Å². The highest BCUT2D eigenvalue weighted by Crippen LogP contribution is 2.33. The van der Waals surface area contributed by atoms with Crippen LogP contribution in [-0.2, 0) is 34.2 Å². The van der Waals surface area contributed by atoms with Gasteiger partial charge in [-0.2, -0.15) is 4.31 Å². The van der Waals surface area contributed by atoms with E-state index in [9.17, 15) is 22.4 Å². The van der Waals surface area contributed by atoms with Gasteiger partial charge in [0.05, 0.1) is 16.6 Å². The molecule has 0 N–H and O–H groups in total. The minimum absolute atomic E-state index is 0.104. The van der Waals surface area contributed by atoms with Crippen molar-refractivity contribution >= 4 is 37.5 Å². The molecule has 174 valence electrons. The Morgan fingerprint density at radius 2 is 1.88 bits per heavy atom. The highest BCUT2D eigenvalue weighted by molar-refractivity contribution is 7.89. The largest absolute Gasteiger partial charge is 0.338 e. The number of nitrogens with zero attached hydrogens (tertiary/aromatic N) is 4. The number of carbonyl (C=O) groups excluding carboxylic acids is 1. The van der Waals surface area contributed by atoms with Crippen molar-refractivity contribution in [3.05, 3.63) is 57.2 Å². The minimum atomic E-state index is -3.83. The van der Waals surface area contributed by atoms with Crippen molar-refractivity contribution in [2.45, 2.75) is 37.1 Å². The Kier molecular flexibility index (Phi) is 5.79. The number of aryl methyl sites for hydroxylation is 2. The summed E-state index contributed by atoms with van der Waals surface area (Å²) in [5.41, 5.74) is 0.886. The van der Waals surface area contributed by atoms with Gasteiger partial charge in [-0.15, -0.1) is 11.3 Å². The van der Waals surface area contributed by atoms with Gasteiger partial charge in [-0.25, -0.2) is 17.8 Å². The summed E-state index contributed by atoms with van der Waals surface area (Å²) in [5, 5.41) is 0.635. The average Bonchev–Trinajstić information content (AvgIpc) is 3.20. The maximum atomic E-state index is 13.5. The van der Waals surface area contributed by atoms with Crippen LogP contribution in [0.3, 0.4) is 0 Å². The van der Waals surface area contributed by atoms with E-state index in [0.29, 0.717) is 5.39 Å². The Balaban J connectivity index is 1.29. The quantitative estimate of drug-likeness (QED) is 0.558. The van der Waals surface area contributed by atoms with E-state index in [-0.39, 0.29) is 49.1 Å². The molecule has 3 aromatic rings. The molecule has 2 aromatic heterocycles. The molecule has 1 amide bonds. The molecule has 0 bridgehead atoms. The number of hydrogen-bond donors (Lipinski definition) is 0. The molecule has 0 atom stereocenters. The maximum absolute atomic E-state index is 13.5. The zero-order chi connectivity index (χ0) is 23.2. The molecule has 0 spiro atoms. The van der Waals surface area contributed by atoms with Crippen LogP contribution in [-0.4, -0.2) is 59.3 Å². The van der Waals surface area contributed by atoms with Crippen molar-refractivity contribution in [3.8, 4) is 0 Å². The van der Waals surface area contributed by atoms with Gasteiger partial charge in [0.2, 0.25) is 15.9 Å². The third-order valence-corrected chi connectivity index (χ3v) is 9.37. The SMILES string of the molecule is O=C(Cn1cnc2sc3c(c2c1=O)CCCC3)N1CCN(S(=O)(=O)c2cccc(F)c2)CC1. The average molecular weight is 491 g/mol. The lowest BCUT2D eigenvalue weighted by Gasteiger charge is -2.34. The van der Waals surface area contributed by atoms with Gasteiger partial charge in [-0.05, 0) is 49.4 Å². The van der Waals surface area contributed by atoms with Crippen LogP contribution in [0.15, 0.2) is 40.3 Å². The standard InChI is InChI=1S/C22H23FN4O4S2/c23-15-4-3-5-16(12-15)33(30,31)27-10-8-25(9-11-27)19(28)13-26-14-24-21-20(22(26)29)17-6-1-2-7-18(17)32-21/h3-5,12,14H,1-2,6-11,13H2. The van der Waals surface area contributed by atoms with E-state index in [0.717, 1.165) is 42.1 Å². The zero-order valence-electron chi connectivity index (χ0n) is 17.9. The van der Waals surface area contributed by atoms with Crippen LogP contribution in [0.1, 0.15) is 23.3 Å². The molecule has 33 heavy (non-hydrogen) atoms. The van der Waals surface area contributed by atoms with E-state index in [4.69, 9.17) is 0 Å². The molecule has 3 heterocycles. The second kappa shape index (κ2) is 8.62. The Morgan fingerprint density at radius 1 is 1.12 bits per heavy atom. The summed E-state index contributed by atoms with van der Waals surface area (Å²) in [6.45, 7) is 0.476. The van der Waals surface area contributed by atoms with Crippen LogP contribution in [0.2, 0.25) is 0 Å². The van der Waals surface area contributed by atoms with E-state index in [1.807, 2.05) is 0 Å². The van der Waals surface area contributed by atoms with Gasteiger partial charge in [0, 0.05) is 31.1 Å². The summed E-state index contributed by atoms with van der Waals surface area (Å²) in [5.74, 6) is -0.877. The zero-order valence-corrected chi connectivity index (χ0v) is 19.5. The molecule has 0 radical (unpaired) electrons. The maximum Gasteiger partial charge on any atom is 0.262 e.